The minimum atomic E-state index is -0.590. The summed E-state index contributed by atoms with van der Waals surface area (Å²) < 4.78 is 5.44. The van der Waals surface area contributed by atoms with Gasteiger partial charge in [-0.2, -0.15) is 0 Å². The number of esters is 1. The molecular formula is C25H37N5O4. The number of ether oxygens (including phenoxy) is 1. The molecular weight excluding hydrogens is 434 g/mol. The van der Waals surface area contributed by atoms with Crippen LogP contribution in [0.4, 0.5) is 9.59 Å². The summed E-state index contributed by atoms with van der Waals surface area (Å²) in [6.07, 6.45) is 0. The highest BCUT2D eigenvalue weighted by Gasteiger charge is 2.38. The molecule has 1 fully saturated rings. The van der Waals surface area contributed by atoms with Crippen molar-refractivity contribution in [1.82, 2.24) is 25.3 Å². The molecule has 186 valence electrons. The third-order valence-electron chi connectivity index (χ3n) is 6.48. The van der Waals surface area contributed by atoms with Crippen molar-refractivity contribution in [3.8, 4) is 0 Å². The van der Waals surface area contributed by atoms with Crippen molar-refractivity contribution < 1.29 is 19.1 Å². The van der Waals surface area contributed by atoms with E-state index in [0.29, 0.717) is 44.0 Å². The van der Waals surface area contributed by atoms with Gasteiger partial charge in [0.2, 0.25) is 0 Å². The van der Waals surface area contributed by atoms with Gasteiger partial charge < -0.3 is 20.3 Å². The average molecular weight is 472 g/mol. The predicted molar refractivity (Wildman–Crippen MR) is 130 cm³/mol. The number of aryl methyl sites for hydroxylation is 2. The number of hydrogen-bond donors (Lipinski definition) is 2. The number of nitrogens with zero attached hydrogens (tertiary/aromatic N) is 3. The summed E-state index contributed by atoms with van der Waals surface area (Å²) >= 11 is 0. The van der Waals surface area contributed by atoms with Gasteiger partial charge in [0, 0.05) is 51.5 Å². The molecule has 2 aliphatic rings. The number of carbonyl (C=O) groups is 3. The number of hydrogen-bond acceptors (Lipinski definition) is 5. The number of nitrogens with one attached hydrogen (secondary N) is 2. The zero-order chi connectivity index (χ0) is 25.0. The zero-order valence-electron chi connectivity index (χ0n) is 21.1. The fraction of sp³-hybridized carbons (Fsp3) is 0.560. The van der Waals surface area contributed by atoms with Crippen molar-refractivity contribution >= 4 is 18.0 Å². The van der Waals surface area contributed by atoms with E-state index in [4.69, 9.17) is 4.74 Å². The molecule has 0 aliphatic carbocycles. The van der Waals surface area contributed by atoms with Crippen LogP contribution in [0.2, 0.25) is 0 Å². The molecule has 0 radical (unpaired) electrons. The van der Waals surface area contributed by atoms with Crippen LogP contribution in [-0.4, -0.2) is 85.2 Å². The number of benzene rings is 1. The fourth-order valence-corrected chi connectivity index (χ4v) is 4.72. The highest BCUT2D eigenvalue weighted by atomic mass is 16.5. The second-order valence-electron chi connectivity index (χ2n) is 9.00. The summed E-state index contributed by atoms with van der Waals surface area (Å²) in [5, 5.41) is 5.85. The summed E-state index contributed by atoms with van der Waals surface area (Å²) in [4.78, 5) is 44.0. The van der Waals surface area contributed by atoms with Crippen LogP contribution in [0.5, 0.6) is 0 Å². The predicted octanol–water partition coefficient (Wildman–Crippen LogP) is 2.55. The zero-order valence-corrected chi connectivity index (χ0v) is 21.1. The van der Waals surface area contributed by atoms with E-state index in [-0.39, 0.29) is 24.7 Å². The van der Waals surface area contributed by atoms with Crippen LogP contribution in [-0.2, 0) is 9.53 Å². The van der Waals surface area contributed by atoms with Gasteiger partial charge in [0.05, 0.1) is 18.2 Å². The molecule has 3 rings (SSSR count). The van der Waals surface area contributed by atoms with Crippen LogP contribution >= 0.6 is 0 Å². The highest BCUT2D eigenvalue weighted by molar-refractivity contribution is 5.95. The van der Waals surface area contributed by atoms with Crippen LogP contribution in [0.3, 0.4) is 0 Å². The maximum absolute atomic E-state index is 13.2. The SMILES string of the molecule is CCNC(=O)N1CCN(CC2=C(C(=O)OCC)[C@H](c3ccc(C)cc3C)NC(=O)N2C)C[C@@H]1C. The molecule has 0 unspecified atom stereocenters. The van der Waals surface area contributed by atoms with E-state index in [1.807, 2.05) is 50.8 Å². The maximum Gasteiger partial charge on any atom is 0.338 e. The smallest absolute Gasteiger partial charge is 0.338 e. The van der Waals surface area contributed by atoms with Crippen LogP contribution in [0.25, 0.3) is 0 Å². The van der Waals surface area contributed by atoms with Crippen LogP contribution in [0.15, 0.2) is 29.5 Å². The Morgan fingerprint density at radius 2 is 1.94 bits per heavy atom. The highest BCUT2D eigenvalue weighted by Crippen LogP contribution is 2.33. The Hall–Kier alpha value is -3.07. The lowest BCUT2D eigenvalue weighted by Crippen LogP contribution is -2.57. The number of rotatable bonds is 6. The second kappa shape index (κ2) is 10.9. The van der Waals surface area contributed by atoms with Crippen LogP contribution < -0.4 is 10.6 Å². The molecule has 2 aliphatic heterocycles. The lowest BCUT2D eigenvalue weighted by Gasteiger charge is -2.42. The van der Waals surface area contributed by atoms with Gasteiger partial charge in [-0.05, 0) is 45.7 Å². The van der Waals surface area contributed by atoms with Crippen molar-refractivity contribution in [3.63, 3.8) is 0 Å². The number of piperazine rings is 1. The molecule has 1 saturated heterocycles. The molecule has 2 heterocycles. The largest absolute Gasteiger partial charge is 0.463 e. The Balaban J connectivity index is 1.96. The van der Waals surface area contributed by atoms with Gasteiger partial charge in [-0.15, -0.1) is 0 Å². The van der Waals surface area contributed by atoms with Gasteiger partial charge in [0.25, 0.3) is 0 Å². The lowest BCUT2D eigenvalue weighted by atomic mass is 9.90. The van der Waals surface area contributed by atoms with E-state index in [1.165, 1.54) is 4.90 Å². The molecule has 0 spiro atoms. The lowest BCUT2D eigenvalue weighted by molar-refractivity contribution is -0.139. The molecule has 1 aromatic rings. The molecule has 0 bridgehead atoms. The summed E-state index contributed by atoms with van der Waals surface area (Å²) in [5.74, 6) is -0.427. The fourth-order valence-electron chi connectivity index (χ4n) is 4.72. The Labute approximate surface area is 202 Å². The van der Waals surface area contributed by atoms with E-state index < -0.39 is 12.0 Å². The van der Waals surface area contributed by atoms with E-state index in [0.717, 1.165) is 16.7 Å². The first-order chi connectivity index (χ1) is 16.2. The number of urea groups is 2. The first-order valence-electron chi connectivity index (χ1n) is 12.0. The first-order valence-corrected chi connectivity index (χ1v) is 12.0. The summed E-state index contributed by atoms with van der Waals surface area (Å²) in [7, 11) is 1.68. The molecule has 0 saturated carbocycles. The van der Waals surface area contributed by atoms with Crippen molar-refractivity contribution in [2.45, 2.75) is 46.7 Å². The summed E-state index contributed by atoms with van der Waals surface area (Å²) in [6.45, 7) is 12.8. The van der Waals surface area contributed by atoms with Gasteiger partial charge in [-0.25, -0.2) is 14.4 Å². The molecule has 1 aromatic carbocycles. The van der Waals surface area contributed by atoms with E-state index in [9.17, 15) is 14.4 Å². The molecule has 2 N–H and O–H groups in total. The molecule has 4 amide bonds. The Kier molecular flexibility index (Phi) is 8.19. The van der Waals surface area contributed by atoms with Crippen LogP contribution in [0.1, 0.15) is 43.5 Å². The molecule has 9 heteroatoms. The average Bonchev–Trinajstić information content (AvgIpc) is 2.77. The minimum absolute atomic E-state index is 0.00445. The third-order valence-corrected chi connectivity index (χ3v) is 6.48. The Morgan fingerprint density at radius 1 is 1.21 bits per heavy atom. The summed E-state index contributed by atoms with van der Waals surface area (Å²) in [5.41, 5.74) is 4.07. The number of amides is 4. The summed E-state index contributed by atoms with van der Waals surface area (Å²) in [6, 6.07) is 5.08. The van der Waals surface area contributed by atoms with Gasteiger partial charge in [-0.1, -0.05) is 23.8 Å². The minimum Gasteiger partial charge on any atom is -0.463 e. The van der Waals surface area contributed by atoms with E-state index >= 15 is 0 Å². The number of carbonyl (C=O) groups excluding carboxylic acids is 3. The van der Waals surface area contributed by atoms with Crippen molar-refractivity contribution in [1.29, 1.82) is 0 Å². The maximum atomic E-state index is 13.2. The van der Waals surface area contributed by atoms with E-state index in [2.05, 4.69) is 15.5 Å². The first kappa shape index (κ1) is 25.6. The normalized spacial score (nSPS) is 21.4. The molecule has 0 aromatic heterocycles. The van der Waals surface area contributed by atoms with Gasteiger partial charge in [0.15, 0.2) is 0 Å². The van der Waals surface area contributed by atoms with Crippen molar-refractivity contribution in [2.75, 3.05) is 46.4 Å². The molecule has 2 atom stereocenters. The topological polar surface area (TPSA) is 94.2 Å². The number of likely N-dealkylation sites (N-methyl/N-ethyl adjacent to an activating group) is 1. The van der Waals surface area contributed by atoms with E-state index in [1.54, 1.807) is 14.0 Å². The molecule has 9 nitrogen and oxygen atoms in total. The standard InChI is InChI=1S/C25H37N5O4/c1-7-26-24(32)30-12-11-29(14-18(30)5)15-20-21(23(31)34-8-2)22(27-25(33)28(20)6)19-10-9-16(3)13-17(19)4/h9-10,13,18,22H,7-8,11-12,14-15H2,1-6H3,(H,26,32)(H,27,33)/t18-,22-/m0/s1. The van der Waals surface area contributed by atoms with Gasteiger partial charge in [0.1, 0.15) is 0 Å². The van der Waals surface area contributed by atoms with Gasteiger partial charge in [-0.3, -0.25) is 9.80 Å². The van der Waals surface area contributed by atoms with Gasteiger partial charge >= 0.3 is 18.0 Å². The monoisotopic (exact) mass is 471 g/mol. The Bertz CT molecular complexity index is 976. The Morgan fingerprint density at radius 3 is 2.56 bits per heavy atom. The second-order valence-corrected chi connectivity index (χ2v) is 9.00. The molecule has 34 heavy (non-hydrogen) atoms. The van der Waals surface area contributed by atoms with Crippen LogP contribution in [0, 0.1) is 13.8 Å². The van der Waals surface area contributed by atoms with Crippen molar-refractivity contribution in [2.24, 2.45) is 0 Å². The van der Waals surface area contributed by atoms with Crippen molar-refractivity contribution in [3.05, 3.63) is 46.2 Å². The quantitative estimate of drug-likeness (QED) is 0.622. The third kappa shape index (κ3) is 5.35.